The molecule has 4 nitrogen and oxygen atoms in total. The second-order valence-electron chi connectivity index (χ2n) is 6.30. The number of hydrogen-bond acceptors (Lipinski definition) is 2. The molecule has 0 aliphatic carbocycles. The Bertz CT molecular complexity index is 888. The molecule has 25 heavy (non-hydrogen) atoms. The summed E-state index contributed by atoms with van der Waals surface area (Å²) < 4.78 is 2.20. The van der Waals surface area contributed by atoms with Crippen molar-refractivity contribution >= 4 is 28.5 Å². The first kappa shape index (κ1) is 17.5. The number of para-hydroxylation sites is 2. The molecule has 1 unspecified atom stereocenters. The summed E-state index contributed by atoms with van der Waals surface area (Å²) >= 11 is 6.10. The molecule has 1 aromatic heterocycles. The summed E-state index contributed by atoms with van der Waals surface area (Å²) in [4.78, 5) is 17.1. The maximum absolute atomic E-state index is 12.4. The van der Waals surface area contributed by atoms with Crippen molar-refractivity contribution in [1.29, 1.82) is 0 Å². The molecule has 0 fully saturated rings. The Labute approximate surface area is 152 Å². The number of nitrogens with one attached hydrogen (secondary N) is 1. The number of fused-ring (bicyclic) bond motifs is 1. The average Bonchev–Trinajstić information content (AvgIpc) is 2.97. The molecule has 1 amide bonds. The molecule has 0 bridgehead atoms. The maximum Gasteiger partial charge on any atom is 0.253 e. The number of carbonyl (C=O) groups is 1. The summed E-state index contributed by atoms with van der Waals surface area (Å²) in [5, 5.41) is 3.39. The monoisotopic (exact) mass is 355 g/mol. The van der Waals surface area contributed by atoms with E-state index in [2.05, 4.69) is 29.8 Å². The van der Waals surface area contributed by atoms with Crippen LogP contribution >= 0.6 is 11.6 Å². The van der Waals surface area contributed by atoms with E-state index in [0.29, 0.717) is 23.0 Å². The van der Waals surface area contributed by atoms with Crippen LogP contribution in [0.25, 0.3) is 11.0 Å². The summed E-state index contributed by atoms with van der Waals surface area (Å²) in [5.74, 6) is 1.21. The van der Waals surface area contributed by atoms with Gasteiger partial charge in [0.15, 0.2) is 0 Å². The SMILES string of the molecule is CCC(C)Cn1c(CNC(=O)c2ccccc2Cl)nc2ccccc21. The average molecular weight is 356 g/mol. The molecule has 3 aromatic rings. The quantitative estimate of drug-likeness (QED) is 0.698. The summed E-state index contributed by atoms with van der Waals surface area (Å²) in [6.45, 7) is 5.66. The fraction of sp³-hybridized carbons (Fsp3) is 0.300. The highest BCUT2D eigenvalue weighted by atomic mass is 35.5. The zero-order chi connectivity index (χ0) is 17.8. The highest BCUT2D eigenvalue weighted by Gasteiger charge is 2.15. The number of halogens is 1. The fourth-order valence-electron chi connectivity index (χ4n) is 2.80. The van der Waals surface area contributed by atoms with Gasteiger partial charge in [-0.05, 0) is 30.2 Å². The number of amides is 1. The van der Waals surface area contributed by atoms with Crippen LogP contribution in [0, 0.1) is 5.92 Å². The first-order valence-corrected chi connectivity index (χ1v) is 8.94. The first-order chi connectivity index (χ1) is 12.1. The highest BCUT2D eigenvalue weighted by Crippen LogP contribution is 2.19. The van der Waals surface area contributed by atoms with Gasteiger partial charge in [0.1, 0.15) is 5.82 Å². The van der Waals surface area contributed by atoms with Gasteiger partial charge in [0.2, 0.25) is 0 Å². The van der Waals surface area contributed by atoms with Gasteiger partial charge in [0.05, 0.1) is 28.2 Å². The normalized spacial score (nSPS) is 12.3. The summed E-state index contributed by atoms with van der Waals surface area (Å²) in [6.07, 6.45) is 1.10. The van der Waals surface area contributed by atoms with E-state index < -0.39 is 0 Å². The molecule has 130 valence electrons. The van der Waals surface area contributed by atoms with Crippen LogP contribution in [0.2, 0.25) is 5.02 Å². The number of benzene rings is 2. The Morgan fingerprint density at radius 1 is 1.20 bits per heavy atom. The summed E-state index contributed by atoms with van der Waals surface area (Å²) in [7, 11) is 0. The third-order valence-electron chi connectivity index (χ3n) is 4.45. The Hall–Kier alpha value is -2.33. The van der Waals surface area contributed by atoms with Gasteiger partial charge < -0.3 is 9.88 Å². The van der Waals surface area contributed by atoms with Crippen molar-refractivity contribution in [2.45, 2.75) is 33.4 Å². The summed E-state index contributed by atoms with van der Waals surface area (Å²) in [5.41, 5.74) is 2.53. The first-order valence-electron chi connectivity index (χ1n) is 8.57. The van der Waals surface area contributed by atoms with Crippen LogP contribution in [0.15, 0.2) is 48.5 Å². The predicted octanol–water partition coefficient (Wildman–Crippen LogP) is 4.67. The predicted molar refractivity (Wildman–Crippen MR) is 102 cm³/mol. The lowest BCUT2D eigenvalue weighted by Gasteiger charge is -2.14. The third-order valence-corrected chi connectivity index (χ3v) is 4.78. The molecule has 0 saturated heterocycles. The number of rotatable bonds is 6. The van der Waals surface area contributed by atoms with E-state index in [4.69, 9.17) is 16.6 Å². The van der Waals surface area contributed by atoms with Crippen molar-refractivity contribution in [3.05, 3.63) is 64.9 Å². The topological polar surface area (TPSA) is 46.9 Å². The molecule has 1 atom stereocenters. The molecule has 5 heteroatoms. The highest BCUT2D eigenvalue weighted by molar-refractivity contribution is 6.33. The van der Waals surface area contributed by atoms with Crippen LogP contribution in [-0.4, -0.2) is 15.5 Å². The zero-order valence-corrected chi connectivity index (χ0v) is 15.3. The molecule has 0 spiro atoms. The van der Waals surface area contributed by atoms with Crippen molar-refractivity contribution in [2.75, 3.05) is 0 Å². The van der Waals surface area contributed by atoms with Gasteiger partial charge in [-0.25, -0.2) is 4.98 Å². The number of carbonyl (C=O) groups excluding carboxylic acids is 1. The molecular formula is C20H22ClN3O. The lowest BCUT2D eigenvalue weighted by atomic mass is 10.1. The Morgan fingerprint density at radius 2 is 1.92 bits per heavy atom. The molecule has 0 aliphatic rings. The standard InChI is InChI=1S/C20H22ClN3O/c1-3-14(2)13-24-18-11-7-6-10-17(18)23-19(24)12-22-20(25)15-8-4-5-9-16(15)21/h4-11,14H,3,12-13H2,1-2H3,(H,22,25). The smallest absolute Gasteiger partial charge is 0.253 e. The zero-order valence-electron chi connectivity index (χ0n) is 14.5. The second-order valence-corrected chi connectivity index (χ2v) is 6.71. The molecule has 0 saturated carbocycles. The van der Waals surface area contributed by atoms with Gasteiger partial charge in [0, 0.05) is 6.54 Å². The van der Waals surface area contributed by atoms with Gasteiger partial charge in [-0.3, -0.25) is 4.79 Å². The molecule has 2 aromatic carbocycles. The number of nitrogens with zero attached hydrogens (tertiary/aromatic N) is 2. The lowest BCUT2D eigenvalue weighted by Crippen LogP contribution is -2.25. The van der Waals surface area contributed by atoms with Crippen molar-refractivity contribution < 1.29 is 4.79 Å². The fourth-order valence-corrected chi connectivity index (χ4v) is 3.03. The van der Waals surface area contributed by atoms with Crippen LogP contribution in [0.1, 0.15) is 36.5 Å². The van der Waals surface area contributed by atoms with E-state index in [1.165, 1.54) is 0 Å². The molecule has 0 aliphatic heterocycles. The van der Waals surface area contributed by atoms with Crippen LogP contribution < -0.4 is 5.32 Å². The van der Waals surface area contributed by atoms with Crippen molar-refractivity contribution in [1.82, 2.24) is 14.9 Å². The Balaban J connectivity index is 1.84. The molecule has 1 heterocycles. The van der Waals surface area contributed by atoms with E-state index in [0.717, 1.165) is 29.8 Å². The number of aromatic nitrogens is 2. The second kappa shape index (κ2) is 7.70. The number of hydrogen-bond donors (Lipinski definition) is 1. The van der Waals surface area contributed by atoms with Gasteiger partial charge in [-0.15, -0.1) is 0 Å². The van der Waals surface area contributed by atoms with E-state index in [-0.39, 0.29) is 5.91 Å². The van der Waals surface area contributed by atoms with E-state index >= 15 is 0 Å². The van der Waals surface area contributed by atoms with Crippen LogP contribution in [0.3, 0.4) is 0 Å². The van der Waals surface area contributed by atoms with E-state index in [1.807, 2.05) is 24.3 Å². The van der Waals surface area contributed by atoms with Crippen LogP contribution in [-0.2, 0) is 13.1 Å². The third kappa shape index (κ3) is 3.85. The van der Waals surface area contributed by atoms with Gasteiger partial charge in [0.25, 0.3) is 5.91 Å². The Kier molecular flexibility index (Phi) is 5.39. The largest absolute Gasteiger partial charge is 0.345 e. The van der Waals surface area contributed by atoms with Crippen LogP contribution in [0.5, 0.6) is 0 Å². The minimum absolute atomic E-state index is 0.187. The van der Waals surface area contributed by atoms with E-state index in [1.54, 1.807) is 18.2 Å². The number of imidazole rings is 1. The minimum Gasteiger partial charge on any atom is -0.345 e. The molecular weight excluding hydrogens is 334 g/mol. The lowest BCUT2D eigenvalue weighted by molar-refractivity contribution is 0.0949. The van der Waals surface area contributed by atoms with Crippen LogP contribution in [0.4, 0.5) is 0 Å². The molecule has 0 radical (unpaired) electrons. The molecule has 1 N–H and O–H groups in total. The van der Waals surface area contributed by atoms with Crippen molar-refractivity contribution in [2.24, 2.45) is 5.92 Å². The van der Waals surface area contributed by atoms with Crippen molar-refractivity contribution in [3.8, 4) is 0 Å². The maximum atomic E-state index is 12.4. The minimum atomic E-state index is -0.187. The van der Waals surface area contributed by atoms with E-state index in [9.17, 15) is 4.79 Å². The van der Waals surface area contributed by atoms with Gasteiger partial charge in [-0.1, -0.05) is 56.1 Å². The molecule has 3 rings (SSSR count). The van der Waals surface area contributed by atoms with Gasteiger partial charge in [-0.2, -0.15) is 0 Å². The van der Waals surface area contributed by atoms with Crippen molar-refractivity contribution in [3.63, 3.8) is 0 Å². The Morgan fingerprint density at radius 3 is 2.68 bits per heavy atom. The summed E-state index contributed by atoms with van der Waals surface area (Å²) in [6, 6.07) is 15.1. The van der Waals surface area contributed by atoms with Gasteiger partial charge >= 0.3 is 0 Å².